The summed E-state index contributed by atoms with van der Waals surface area (Å²) in [6, 6.07) is 42.1. The minimum Gasteiger partial charge on any atom is -0.206 e. The van der Waals surface area contributed by atoms with Gasteiger partial charge < -0.3 is 0 Å². The van der Waals surface area contributed by atoms with Crippen molar-refractivity contribution < 1.29 is 61.5 Å². The summed E-state index contributed by atoms with van der Waals surface area (Å²) in [5.74, 6) is -3.00. The lowest BCUT2D eigenvalue weighted by molar-refractivity contribution is -0.140. The van der Waals surface area contributed by atoms with E-state index in [4.69, 9.17) is 0 Å². The molecular formula is C58H32F14. The smallest absolute Gasteiger partial charge is 0.206 e. The fourth-order valence-corrected chi connectivity index (χ4v) is 8.90. The Kier molecular flexibility index (Phi) is 12.7. The van der Waals surface area contributed by atoms with Crippen LogP contribution in [0.15, 0.2) is 194 Å². The highest BCUT2D eigenvalue weighted by atomic mass is 19.4. The summed E-state index contributed by atoms with van der Waals surface area (Å²) in [6.07, 6.45) is -19.9. The molecule has 0 saturated carbocycles. The molecule has 0 bridgehead atoms. The highest BCUT2D eigenvalue weighted by molar-refractivity contribution is 6.15. The van der Waals surface area contributed by atoms with Gasteiger partial charge in [-0.05, 0) is 138 Å². The van der Waals surface area contributed by atoms with Gasteiger partial charge in [-0.15, -0.1) is 0 Å². The van der Waals surface area contributed by atoms with E-state index in [0.717, 1.165) is 48.5 Å². The summed E-state index contributed by atoms with van der Waals surface area (Å²) >= 11 is 0. The van der Waals surface area contributed by atoms with Crippen LogP contribution in [0, 0.1) is 11.6 Å². The molecule has 0 amide bonds. The van der Waals surface area contributed by atoms with E-state index in [2.05, 4.69) is 0 Å². The first-order valence-electron chi connectivity index (χ1n) is 21.7. The van der Waals surface area contributed by atoms with Crippen LogP contribution in [0.3, 0.4) is 0 Å². The van der Waals surface area contributed by atoms with Gasteiger partial charge in [0.15, 0.2) is 0 Å². The second-order valence-electron chi connectivity index (χ2n) is 16.7. The Morgan fingerprint density at radius 3 is 0.778 bits per heavy atom. The second-order valence-corrected chi connectivity index (χ2v) is 16.7. The monoisotopic (exact) mass is 994 g/mol. The highest BCUT2D eigenvalue weighted by Crippen LogP contribution is 2.57. The maximum Gasteiger partial charge on any atom is 0.419 e. The van der Waals surface area contributed by atoms with E-state index < -0.39 is 58.6 Å². The minimum absolute atomic E-state index is 0.000258. The van der Waals surface area contributed by atoms with Gasteiger partial charge in [-0.1, -0.05) is 146 Å². The summed E-state index contributed by atoms with van der Waals surface area (Å²) in [5.41, 5.74) is -2.60. The average molecular weight is 995 g/mol. The number of alkyl halides is 12. The molecule has 0 fully saturated rings. The van der Waals surface area contributed by atoms with E-state index in [1.165, 1.54) is 60.7 Å². The third-order valence-corrected chi connectivity index (χ3v) is 12.1. The summed E-state index contributed by atoms with van der Waals surface area (Å²) in [5, 5.41) is 0. The van der Waals surface area contributed by atoms with Crippen molar-refractivity contribution in [3.8, 4) is 89.0 Å². The zero-order valence-corrected chi connectivity index (χ0v) is 36.8. The fourth-order valence-electron chi connectivity index (χ4n) is 8.90. The van der Waals surface area contributed by atoms with Crippen molar-refractivity contribution in [1.29, 1.82) is 0 Å². The van der Waals surface area contributed by atoms with Gasteiger partial charge in [0.25, 0.3) is 0 Å². The molecule has 14 heteroatoms. The molecule has 0 aliphatic rings. The van der Waals surface area contributed by atoms with Crippen LogP contribution in [0.2, 0.25) is 0 Å². The molecule has 0 radical (unpaired) electrons. The summed E-state index contributed by atoms with van der Waals surface area (Å²) in [6.45, 7) is 0. The lowest BCUT2D eigenvalue weighted by Gasteiger charge is -2.29. The molecule has 9 rings (SSSR count). The SMILES string of the molecule is Fc1ccc(-c2ccc(-c3c(-c4ccccc4)c(-c4ccccc4)c(-c4ccc(-c5ccc(F)c(C(F)(F)F)c5)cc4)c(-c4cccc(C(F)(F)F)c4)c3-c3cccc(C(F)(F)F)c3)cc2)cc1C(F)(F)F. The molecule has 0 N–H and O–H groups in total. The molecule has 0 saturated heterocycles. The first-order chi connectivity index (χ1) is 34.1. The molecule has 9 aromatic rings. The van der Waals surface area contributed by atoms with Gasteiger partial charge in [0.1, 0.15) is 11.6 Å². The van der Waals surface area contributed by atoms with Crippen LogP contribution >= 0.6 is 0 Å². The predicted molar refractivity (Wildman–Crippen MR) is 250 cm³/mol. The first-order valence-corrected chi connectivity index (χ1v) is 21.7. The number of hydrogen-bond donors (Lipinski definition) is 0. The molecule has 0 spiro atoms. The maximum absolute atomic E-state index is 14.8. The lowest BCUT2D eigenvalue weighted by atomic mass is 9.73. The molecule has 0 aromatic heterocycles. The molecule has 72 heavy (non-hydrogen) atoms. The predicted octanol–water partition coefficient (Wildman–Crippen LogP) is 19.4. The van der Waals surface area contributed by atoms with Crippen LogP contribution in [0.5, 0.6) is 0 Å². The third kappa shape index (κ3) is 9.73. The van der Waals surface area contributed by atoms with Crippen LogP contribution in [0.4, 0.5) is 61.5 Å². The molecule has 0 nitrogen and oxygen atoms in total. The molecule has 9 aromatic carbocycles. The number of rotatable bonds is 8. The first kappa shape index (κ1) is 49.0. The van der Waals surface area contributed by atoms with Gasteiger partial charge in [0.2, 0.25) is 0 Å². The van der Waals surface area contributed by atoms with Gasteiger partial charge in [-0.2, -0.15) is 52.7 Å². The van der Waals surface area contributed by atoms with Crippen LogP contribution < -0.4 is 0 Å². The van der Waals surface area contributed by atoms with Crippen molar-refractivity contribution in [3.63, 3.8) is 0 Å². The van der Waals surface area contributed by atoms with Crippen molar-refractivity contribution in [2.24, 2.45) is 0 Å². The molecule has 362 valence electrons. The maximum atomic E-state index is 14.8. The third-order valence-electron chi connectivity index (χ3n) is 12.1. The molecule has 0 aliphatic heterocycles. The Hall–Kier alpha value is -8.00. The van der Waals surface area contributed by atoms with E-state index >= 15 is 0 Å². The van der Waals surface area contributed by atoms with Gasteiger partial charge in [0.05, 0.1) is 22.3 Å². The van der Waals surface area contributed by atoms with E-state index in [9.17, 15) is 61.5 Å². The zero-order valence-electron chi connectivity index (χ0n) is 36.8. The summed E-state index contributed by atoms with van der Waals surface area (Å²) in [7, 11) is 0. The molecule has 0 unspecified atom stereocenters. The van der Waals surface area contributed by atoms with Gasteiger partial charge >= 0.3 is 24.7 Å². The van der Waals surface area contributed by atoms with Crippen LogP contribution in [0.1, 0.15) is 22.3 Å². The van der Waals surface area contributed by atoms with Crippen molar-refractivity contribution in [3.05, 3.63) is 228 Å². The van der Waals surface area contributed by atoms with Crippen LogP contribution in [-0.4, -0.2) is 0 Å². The number of hydrogen-bond acceptors (Lipinski definition) is 0. The molecule has 0 aliphatic carbocycles. The van der Waals surface area contributed by atoms with E-state index in [1.54, 1.807) is 60.7 Å². The molecular weight excluding hydrogens is 963 g/mol. The molecule has 0 atom stereocenters. The van der Waals surface area contributed by atoms with Crippen molar-refractivity contribution in [2.75, 3.05) is 0 Å². The number of halogens is 14. The van der Waals surface area contributed by atoms with Crippen molar-refractivity contribution in [2.45, 2.75) is 24.7 Å². The van der Waals surface area contributed by atoms with Crippen LogP contribution in [0.25, 0.3) is 89.0 Å². The Balaban J connectivity index is 1.47. The number of benzene rings is 9. The summed E-state index contributed by atoms with van der Waals surface area (Å²) < 4.78 is 201. The summed E-state index contributed by atoms with van der Waals surface area (Å²) in [4.78, 5) is 0. The Morgan fingerprint density at radius 1 is 0.208 bits per heavy atom. The highest BCUT2D eigenvalue weighted by Gasteiger charge is 2.37. The van der Waals surface area contributed by atoms with E-state index in [-0.39, 0.29) is 66.8 Å². The fraction of sp³-hybridized carbons (Fsp3) is 0.0690. The van der Waals surface area contributed by atoms with Gasteiger partial charge in [-0.25, -0.2) is 8.78 Å². The normalized spacial score (nSPS) is 12.3. The quantitative estimate of drug-likeness (QED) is 0.133. The topological polar surface area (TPSA) is 0 Å². The second kappa shape index (κ2) is 18.6. The lowest BCUT2D eigenvalue weighted by Crippen LogP contribution is -2.08. The Labute approximate surface area is 402 Å². The zero-order chi connectivity index (χ0) is 51.3. The van der Waals surface area contributed by atoms with Gasteiger partial charge in [0, 0.05) is 0 Å². The van der Waals surface area contributed by atoms with Crippen molar-refractivity contribution in [1.82, 2.24) is 0 Å². The van der Waals surface area contributed by atoms with Gasteiger partial charge in [-0.3, -0.25) is 0 Å². The van der Waals surface area contributed by atoms with Crippen LogP contribution in [-0.2, 0) is 24.7 Å². The Morgan fingerprint density at radius 2 is 0.472 bits per heavy atom. The Bertz CT molecular complexity index is 3210. The van der Waals surface area contributed by atoms with Crippen molar-refractivity contribution >= 4 is 0 Å². The minimum atomic E-state index is -5.04. The molecule has 0 heterocycles. The standard InChI is InChI=1S/C58H32F14/c59-47-27-25-39(31-45(47)57(67,68)69)33-17-21-37(22-18-33)51-49(35-9-3-1-4-10-35)50(36-11-5-2-6-12-36)52(38-23-19-34(20-24-38)40-26-28-48(60)46(32-40)58(70,71)72)54(42-14-8-16-44(30-42)56(64,65)66)53(51)41-13-7-15-43(29-41)55(61,62)63/h1-32H. The van der Waals surface area contributed by atoms with E-state index in [0.29, 0.717) is 46.5 Å². The average Bonchev–Trinajstić information content (AvgIpc) is 3.35. The largest absolute Gasteiger partial charge is 0.419 e. The van der Waals surface area contributed by atoms with E-state index in [1.807, 2.05) is 0 Å².